The van der Waals surface area contributed by atoms with Crippen LogP contribution in [0.15, 0.2) is 54.4 Å². The monoisotopic (exact) mass is 467 g/mol. The van der Waals surface area contributed by atoms with Crippen molar-refractivity contribution in [3.05, 3.63) is 60.0 Å². The number of dihydropyridines is 1. The van der Waals surface area contributed by atoms with Crippen molar-refractivity contribution in [2.24, 2.45) is 0 Å². The molecular formula is C24H32F3N3O3. The number of nitrogens with one attached hydrogen (secondary N) is 1. The summed E-state index contributed by atoms with van der Waals surface area (Å²) in [5, 5.41) is 12.2. The van der Waals surface area contributed by atoms with Gasteiger partial charge in [-0.2, -0.15) is 13.2 Å². The minimum absolute atomic E-state index is 0.0500. The van der Waals surface area contributed by atoms with E-state index in [9.17, 15) is 23.1 Å². The van der Waals surface area contributed by atoms with Crippen molar-refractivity contribution in [3.8, 4) is 0 Å². The number of aliphatic hydroxyl groups is 1. The molecule has 2 atom stereocenters. The Morgan fingerprint density at radius 2 is 1.88 bits per heavy atom. The van der Waals surface area contributed by atoms with E-state index in [1.165, 1.54) is 17.2 Å². The molecule has 2 fully saturated rings. The molecule has 2 saturated heterocycles. The minimum Gasteiger partial charge on any atom is -0.506 e. The van der Waals surface area contributed by atoms with Gasteiger partial charge >= 0.3 is 6.18 Å². The topological polar surface area (TPSA) is 65.0 Å². The lowest BCUT2D eigenvalue weighted by molar-refractivity contribution is -0.207. The molecule has 1 spiro atoms. The fraction of sp³-hybridized carbons (Fsp3) is 0.542. The second-order valence-electron chi connectivity index (χ2n) is 8.38. The number of nitrogens with zero attached hydrogens (tertiary/aromatic N) is 2. The first-order valence-corrected chi connectivity index (χ1v) is 11.4. The highest BCUT2D eigenvalue weighted by molar-refractivity contribution is 5.84. The first-order chi connectivity index (χ1) is 15.7. The standard InChI is InChI=1S/C22H26F3N3O3.C2H6/c23-22(24,25)15-27-13-19(16-4-2-1-3-5-16)31-21(14-27)8-10-28(11-9-21)20(30)18-7-6-17(29)12-26-18;1-2/h1-7,12,18-19,26,29H,8-11,13-15H2;1-2H3. The molecule has 0 aliphatic carbocycles. The summed E-state index contributed by atoms with van der Waals surface area (Å²) in [6, 6.07) is 8.76. The fourth-order valence-corrected chi connectivity index (χ4v) is 4.53. The predicted molar refractivity (Wildman–Crippen MR) is 119 cm³/mol. The zero-order valence-corrected chi connectivity index (χ0v) is 19.0. The normalized spacial score (nSPS) is 25.0. The van der Waals surface area contributed by atoms with Crippen LogP contribution in [-0.4, -0.2) is 71.4 Å². The van der Waals surface area contributed by atoms with Gasteiger partial charge in [0.25, 0.3) is 0 Å². The van der Waals surface area contributed by atoms with Gasteiger partial charge in [0.2, 0.25) is 5.91 Å². The molecule has 6 nitrogen and oxygen atoms in total. The van der Waals surface area contributed by atoms with Crippen LogP contribution in [0.3, 0.4) is 0 Å². The van der Waals surface area contributed by atoms with Gasteiger partial charge in [-0.25, -0.2) is 0 Å². The first-order valence-electron chi connectivity index (χ1n) is 11.4. The maximum Gasteiger partial charge on any atom is 0.401 e. The second-order valence-corrected chi connectivity index (χ2v) is 8.38. The molecule has 3 aliphatic rings. The number of carbonyl (C=O) groups excluding carboxylic acids is 1. The number of rotatable bonds is 3. The zero-order valence-electron chi connectivity index (χ0n) is 19.0. The van der Waals surface area contributed by atoms with Crippen molar-refractivity contribution in [1.29, 1.82) is 0 Å². The number of hydrogen-bond donors (Lipinski definition) is 2. The SMILES string of the molecule is CC.O=C(C1C=CC(O)=CN1)N1CCC2(CC1)CN(CC(F)(F)F)CC(c1ccccc1)O2. The smallest absolute Gasteiger partial charge is 0.401 e. The highest BCUT2D eigenvalue weighted by atomic mass is 19.4. The van der Waals surface area contributed by atoms with Crippen molar-refractivity contribution in [2.75, 3.05) is 32.7 Å². The Morgan fingerprint density at radius 3 is 2.45 bits per heavy atom. The summed E-state index contributed by atoms with van der Waals surface area (Å²) in [4.78, 5) is 15.9. The number of amides is 1. The Morgan fingerprint density at radius 1 is 1.21 bits per heavy atom. The molecular weight excluding hydrogens is 435 g/mol. The number of alkyl halides is 3. The van der Waals surface area contributed by atoms with E-state index in [0.717, 1.165) is 5.56 Å². The molecule has 0 aromatic heterocycles. The Hall–Kier alpha value is -2.52. The molecule has 33 heavy (non-hydrogen) atoms. The molecule has 1 aromatic rings. The van der Waals surface area contributed by atoms with Crippen LogP contribution < -0.4 is 5.32 Å². The molecule has 0 radical (unpaired) electrons. The van der Waals surface area contributed by atoms with Crippen LogP contribution in [0.2, 0.25) is 0 Å². The largest absolute Gasteiger partial charge is 0.506 e. The summed E-state index contributed by atoms with van der Waals surface area (Å²) < 4.78 is 45.9. The number of allylic oxidation sites excluding steroid dienone is 1. The number of carbonyl (C=O) groups is 1. The van der Waals surface area contributed by atoms with Gasteiger partial charge in [-0.15, -0.1) is 0 Å². The van der Waals surface area contributed by atoms with E-state index in [4.69, 9.17) is 4.74 Å². The predicted octanol–water partition coefficient (Wildman–Crippen LogP) is 3.94. The van der Waals surface area contributed by atoms with Gasteiger partial charge in [0.15, 0.2) is 0 Å². The van der Waals surface area contributed by atoms with Crippen LogP contribution >= 0.6 is 0 Å². The highest BCUT2D eigenvalue weighted by Crippen LogP contribution is 2.38. The van der Waals surface area contributed by atoms with Gasteiger partial charge in [0.05, 0.1) is 18.2 Å². The number of benzene rings is 1. The van der Waals surface area contributed by atoms with Crippen molar-refractivity contribution in [1.82, 2.24) is 15.1 Å². The Kier molecular flexibility index (Phi) is 8.07. The summed E-state index contributed by atoms with van der Waals surface area (Å²) in [6.45, 7) is 4.21. The van der Waals surface area contributed by atoms with Gasteiger partial charge in [0.1, 0.15) is 11.8 Å². The number of aliphatic hydroxyl groups excluding tert-OH is 1. The van der Waals surface area contributed by atoms with Crippen LogP contribution in [0.4, 0.5) is 13.2 Å². The number of hydrogen-bond acceptors (Lipinski definition) is 5. The van der Waals surface area contributed by atoms with Gasteiger partial charge in [-0.1, -0.05) is 44.2 Å². The molecule has 3 aliphatic heterocycles. The van der Waals surface area contributed by atoms with Crippen molar-refractivity contribution in [3.63, 3.8) is 0 Å². The number of morpholine rings is 1. The van der Waals surface area contributed by atoms with Crippen LogP contribution in [0.5, 0.6) is 0 Å². The second kappa shape index (κ2) is 10.6. The Balaban J connectivity index is 0.00000149. The van der Waals surface area contributed by atoms with E-state index in [1.807, 2.05) is 44.2 Å². The maximum absolute atomic E-state index is 13.2. The average Bonchev–Trinajstić information content (AvgIpc) is 2.80. The molecule has 0 saturated carbocycles. The number of ether oxygens (including phenoxy) is 1. The molecule has 4 rings (SSSR count). The summed E-state index contributed by atoms with van der Waals surface area (Å²) in [7, 11) is 0. The summed E-state index contributed by atoms with van der Waals surface area (Å²) in [6.07, 6.45) is 0.633. The molecule has 3 heterocycles. The molecule has 2 N–H and O–H groups in total. The third kappa shape index (κ3) is 6.51. The van der Waals surface area contributed by atoms with E-state index in [1.54, 1.807) is 11.0 Å². The molecule has 1 amide bonds. The lowest BCUT2D eigenvalue weighted by atomic mass is 9.87. The highest BCUT2D eigenvalue weighted by Gasteiger charge is 2.46. The van der Waals surface area contributed by atoms with E-state index < -0.39 is 30.5 Å². The summed E-state index contributed by atoms with van der Waals surface area (Å²) in [5.41, 5.74) is 0.129. The van der Waals surface area contributed by atoms with E-state index >= 15 is 0 Å². The maximum atomic E-state index is 13.2. The third-order valence-corrected chi connectivity index (χ3v) is 6.02. The van der Waals surface area contributed by atoms with E-state index in [2.05, 4.69) is 5.32 Å². The number of likely N-dealkylation sites (tertiary alicyclic amines) is 1. The minimum atomic E-state index is -4.28. The molecule has 2 unspecified atom stereocenters. The van der Waals surface area contributed by atoms with Gasteiger partial charge in [0, 0.05) is 32.4 Å². The van der Waals surface area contributed by atoms with Crippen LogP contribution in [-0.2, 0) is 9.53 Å². The van der Waals surface area contributed by atoms with Gasteiger partial charge in [-0.05, 0) is 30.6 Å². The van der Waals surface area contributed by atoms with Gasteiger partial charge < -0.3 is 20.1 Å². The van der Waals surface area contributed by atoms with Crippen LogP contribution in [0, 0.1) is 0 Å². The molecule has 0 bridgehead atoms. The fourth-order valence-electron chi connectivity index (χ4n) is 4.53. The average molecular weight is 468 g/mol. The van der Waals surface area contributed by atoms with Crippen molar-refractivity contribution in [2.45, 2.75) is 50.6 Å². The molecule has 182 valence electrons. The van der Waals surface area contributed by atoms with Crippen molar-refractivity contribution >= 4 is 5.91 Å². The van der Waals surface area contributed by atoms with Crippen LogP contribution in [0.1, 0.15) is 38.4 Å². The first kappa shape index (κ1) is 25.1. The van der Waals surface area contributed by atoms with E-state index in [0.29, 0.717) is 25.9 Å². The number of halogens is 3. The van der Waals surface area contributed by atoms with Crippen molar-refractivity contribution < 1.29 is 27.8 Å². The third-order valence-electron chi connectivity index (χ3n) is 6.02. The van der Waals surface area contributed by atoms with E-state index in [-0.39, 0.29) is 24.8 Å². The molecule has 1 aromatic carbocycles. The van der Waals surface area contributed by atoms with Gasteiger partial charge in [-0.3, -0.25) is 9.69 Å². The Labute approximate surface area is 192 Å². The Bertz CT molecular complexity index is 850. The number of piperidine rings is 1. The lowest BCUT2D eigenvalue weighted by Gasteiger charge is -2.50. The summed E-state index contributed by atoms with van der Waals surface area (Å²) in [5.74, 6) is -0.0774. The molecule has 9 heteroatoms. The van der Waals surface area contributed by atoms with Crippen LogP contribution in [0.25, 0.3) is 0 Å². The zero-order chi connectivity index (χ0) is 24.1. The summed E-state index contributed by atoms with van der Waals surface area (Å²) >= 11 is 0. The lowest BCUT2D eigenvalue weighted by Crippen LogP contribution is -2.60. The quantitative estimate of drug-likeness (QED) is 0.705.